The SMILES string of the molecule is CCCN1CCC(O)(Cc2cc(F)ccc2Br)CC1. The Bertz CT molecular complexity index is 430. The van der Waals surface area contributed by atoms with E-state index in [1.165, 1.54) is 12.1 Å². The number of rotatable bonds is 4. The second-order valence-corrected chi connectivity index (χ2v) is 6.33. The highest BCUT2D eigenvalue weighted by Crippen LogP contribution is 2.29. The van der Waals surface area contributed by atoms with Crippen molar-refractivity contribution in [2.24, 2.45) is 0 Å². The van der Waals surface area contributed by atoms with E-state index in [2.05, 4.69) is 27.8 Å². The van der Waals surface area contributed by atoms with E-state index in [4.69, 9.17) is 0 Å². The molecule has 0 amide bonds. The van der Waals surface area contributed by atoms with Gasteiger partial charge in [0.15, 0.2) is 0 Å². The molecule has 4 heteroatoms. The smallest absolute Gasteiger partial charge is 0.123 e. The van der Waals surface area contributed by atoms with Crippen LogP contribution in [0.5, 0.6) is 0 Å². The number of likely N-dealkylation sites (tertiary alicyclic amines) is 1. The minimum atomic E-state index is -0.694. The predicted octanol–water partition coefficient (Wildman–Crippen LogP) is 3.37. The van der Waals surface area contributed by atoms with Gasteiger partial charge in [0.1, 0.15) is 5.82 Å². The molecule has 1 aliphatic heterocycles. The maximum absolute atomic E-state index is 13.3. The van der Waals surface area contributed by atoms with Gasteiger partial charge in [-0.2, -0.15) is 0 Å². The summed E-state index contributed by atoms with van der Waals surface area (Å²) in [7, 11) is 0. The Kier molecular flexibility index (Phi) is 4.98. The Hall–Kier alpha value is -0.450. The molecule has 0 saturated carbocycles. The van der Waals surface area contributed by atoms with E-state index in [9.17, 15) is 9.50 Å². The standard InChI is InChI=1S/C15H21BrFNO/c1-2-7-18-8-5-15(19,6-9-18)11-12-10-13(17)3-4-14(12)16/h3-4,10,19H,2,5-9,11H2,1H3. The first-order chi connectivity index (χ1) is 9.02. The minimum absolute atomic E-state index is 0.245. The molecule has 1 fully saturated rings. The number of aliphatic hydroxyl groups is 1. The Morgan fingerprint density at radius 1 is 1.37 bits per heavy atom. The molecule has 0 bridgehead atoms. The van der Waals surface area contributed by atoms with Gasteiger partial charge in [-0.25, -0.2) is 4.39 Å². The van der Waals surface area contributed by atoms with Crippen molar-refractivity contribution in [2.75, 3.05) is 19.6 Å². The third-order valence-electron chi connectivity index (χ3n) is 3.85. The topological polar surface area (TPSA) is 23.5 Å². The number of nitrogens with zero attached hydrogens (tertiary/aromatic N) is 1. The average Bonchev–Trinajstić information content (AvgIpc) is 2.37. The highest BCUT2D eigenvalue weighted by Gasteiger charge is 2.32. The van der Waals surface area contributed by atoms with Crippen molar-refractivity contribution in [3.05, 3.63) is 34.1 Å². The zero-order valence-corrected chi connectivity index (χ0v) is 12.9. The summed E-state index contributed by atoms with van der Waals surface area (Å²) in [4.78, 5) is 2.38. The fraction of sp³-hybridized carbons (Fsp3) is 0.600. The molecule has 0 aromatic heterocycles. The first-order valence-corrected chi connectivity index (χ1v) is 7.70. The molecule has 1 aromatic rings. The zero-order valence-electron chi connectivity index (χ0n) is 11.3. The third kappa shape index (κ3) is 4.01. The van der Waals surface area contributed by atoms with E-state index in [0.717, 1.165) is 48.9 Å². The lowest BCUT2D eigenvalue weighted by atomic mass is 9.85. The summed E-state index contributed by atoms with van der Waals surface area (Å²) in [5.74, 6) is -0.245. The summed E-state index contributed by atoms with van der Waals surface area (Å²) in [5, 5.41) is 10.7. The summed E-state index contributed by atoms with van der Waals surface area (Å²) in [6.45, 7) is 5.12. The fourth-order valence-electron chi connectivity index (χ4n) is 2.72. The third-order valence-corrected chi connectivity index (χ3v) is 4.63. The van der Waals surface area contributed by atoms with Crippen LogP contribution in [-0.2, 0) is 6.42 Å². The Morgan fingerprint density at radius 2 is 2.05 bits per heavy atom. The molecule has 1 heterocycles. The Labute approximate surface area is 122 Å². The largest absolute Gasteiger partial charge is 0.389 e. The van der Waals surface area contributed by atoms with Gasteiger partial charge in [0, 0.05) is 24.0 Å². The molecule has 106 valence electrons. The summed E-state index contributed by atoms with van der Waals surface area (Å²) in [5.41, 5.74) is 0.159. The van der Waals surface area contributed by atoms with Crippen LogP contribution in [0.2, 0.25) is 0 Å². The van der Waals surface area contributed by atoms with Crippen molar-refractivity contribution >= 4 is 15.9 Å². The lowest BCUT2D eigenvalue weighted by molar-refractivity contribution is -0.0206. The van der Waals surface area contributed by atoms with Gasteiger partial charge < -0.3 is 10.0 Å². The minimum Gasteiger partial charge on any atom is -0.389 e. The quantitative estimate of drug-likeness (QED) is 0.915. The number of benzene rings is 1. The monoisotopic (exact) mass is 329 g/mol. The molecule has 0 spiro atoms. The number of hydrogen-bond acceptors (Lipinski definition) is 2. The first kappa shape index (κ1) is 14.9. The Balaban J connectivity index is 2.00. The molecule has 1 aromatic carbocycles. The highest BCUT2D eigenvalue weighted by atomic mass is 79.9. The van der Waals surface area contributed by atoms with E-state index in [1.54, 1.807) is 6.07 Å². The predicted molar refractivity (Wildman–Crippen MR) is 78.7 cm³/mol. The maximum Gasteiger partial charge on any atom is 0.123 e. The lowest BCUT2D eigenvalue weighted by Gasteiger charge is -2.38. The van der Waals surface area contributed by atoms with Crippen molar-refractivity contribution in [3.8, 4) is 0 Å². The van der Waals surface area contributed by atoms with Crippen LogP contribution in [0.1, 0.15) is 31.7 Å². The first-order valence-electron chi connectivity index (χ1n) is 6.91. The Morgan fingerprint density at radius 3 is 2.68 bits per heavy atom. The van der Waals surface area contributed by atoms with E-state index < -0.39 is 5.60 Å². The summed E-state index contributed by atoms with van der Waals surface area (Å²) >= 11 is 3.43. The molecule has 2 rings (SSSR count). The molecular weight excluding hydrogens is 309 g/mol. The molecule has 1 aliphatic rings. The average molecular weight is 330 g/mol. The van der Waals surface area contributed by atoms with Gasteiger partial charge in [-0.15, -0.1) is 0 Å². The van der Waals surface area contributed by atoms with Crippen molar-refractivity contribution < 1.29 is 9.50 Å². The van der Waals surface area contributed by atoms with Gasteiger partial charge in [0.2, 0.25) is 0 Å². The number of hydrogen-bond donors (Lipinski definition) is 1. The van der Waals surface area contributed by atoms with Crippen LogP contribution in [0.4, 0.5) is 4.39 Å². The lowest BCUT2D eigenvalue weighted by Crippen LogP contribution is -2.45. The van der Waals surface area contributed by atoms with Crippen LogP contribution < -0.4 is 0 Å². The van der Waals surface area contributed by atoms with Gasteiger partial charge in [-0.1, -0.05) is 22.9 Å². The molecule has 0 aliphatic carbocycles. The molecule has 0 atom stereocenters. The fourth-order valence-corrected chi connectivity index (χ4v) is 3.11. The van der Waals surface area contributed by atoms with Gasteiger partial charge in [0.25, 0.3) is 0 Å². The highest BCUT2D eigenvalue weighted by molar-refractivity contribution is 9.10. The molecule has 2 nitrogen and oxygen atoms in total. The zero-order chi connectivity index (χ0) is 13.9. The van der Waals surface area contributed by atoms with Crippen LogP contribution in [0, 0.1) is 5.82 Å². The van der Waals surface area contributed by atoms with Crippen LogP contribution in [0.15, 0.2) is 22.7 Å². The van der Waals surface area contributed by atoms with Gasteiger partial charge in [-0.05, 0) is 49.6 Å². The van der Waals surface area contributed by atoms with Crippen LogP contribution in [0.25, 0.3) is 0 Å². The van der Waals surface area contributed by atoms with E-state index in [0.29, 0.717) is 6.42 Å². The van der Waals surface area contributed by atoms with E-state index in [1.807, 2.05) is 0 Å². The number of halogens is 2. The maximum atomic E-state index is 13.3. The van der Waals surface area contributed by atoms with Gasteiger partial charge in [-0.3, -0.25) is 0 Å². The second kappa shape index (κ2) is 6.33. The van der Waals surface area contributed by atoms with Crippen LogP contribution >= 0.6 is 15.9 Å². The van der Waals surface area contributed by atoms with Gasteiger partial charge in [0.05, 0.1) is 5.60 Å². The normalized spacial score (nSPS) is 19.6. The van der Waals surface area contributed by atoms with Crippen LogP contribution in [-0.4, -0.2) is 35.2 Å². The number of piperidine rings is 1. The summed E-state index contributed by atoms with van der Waals surface area (Å²) in [6, 6.07) is 4.65. The molecule has 1 N–H and O–H groups in total. The van der Waals surface area contributed by atoms with Crippen molar-refractivity contribution in [1.29, 1.82) is 0 Å². The molecule has 0 unspecified atom stereocenters. The molecular formula is C15H21BrFNO. The van der Waals surface area contributed by atoms with Crippen molar-refractivity contribution in [2.45, 2.75) is 38.2 Å². The van der Waals surface area contributed by atoms with Crippen molar-refractivity contribution in [1.82, 2.24) is 4.90 Å². The molecule has 1 saturated heterocycles. The van der Waals surface area contributed by atoms with E-state index >= 15 is 0 Å². The second-order valence-electron chi connectivity index (χ2n) is 5.48. The van der Waals surface area contributed by atoms with E-state index in [-0.39, 0.29) is 5.82 Å². The van der Waals surface area contributed by atoms with Crippen molar-refractivity contribution in [3.63, 3.8) is 0 Å². The molecule has 0 radical (unpaired) electrons. The summed E-state index contributed by atoms with van der Waals surface area (Å²) in [6.07, 6.45) is 3.19. The van der Waals surface area contributed by atoms with Crippen LogP contribution in [0.3, 0.4) is 0 Å². The van der Waals surface area contributed by atoms with Gasteiger partial charge >= 0.3 is 0 Å². The molecule has 19 heavy (non-hydrogen) atoms. The summed E-state index contributed by atoms with van der Waals surface area (Å²) < 4.78 is 14.2.